The SMILES string of the molecule is COc1cc(/C=C/c2nc3sc(C(=O)O)c(C)c3c(=O)[nH]2)cc(OC)c1. The van der Waals surface area contributed by atoms with Crippen molar-refractivity contribution >= 4 is 39.7 Å². The van der Waals surface area contributed by atoms with Gasteiger partial charge in [-0.25, -0.2) is 9.78 Å². The third kappa shape index (κ3) is 3.31. The number of aromatic nitrogens is 2. The van der Waals surface area contributed by atoms with E-state index in [4.69, 9.17) is 9.47 Å². The summed E-state index contributed by atoms with van der Waals surface area (Å²) in [5.41, 5.74) is 0.871. The molecule has 2 N–H and O–H groups in total. The Bertz CT molecular complexity index is 1060. The van der Waals surface area contributed by atoms with Crippen LogP contribution in [0.3, 0.4) is 0 Å². The molecular formula is C18H16N2O5S. The van der Waals surface area contributed by atoms with Crippen LogP contribution in [-0.4, -0.2) is 35.3 Å². The molecule has 0 aliphatic heterocycles. The summed E-state index contributed by atoms with van der Waals surface area (Å²) in [5.74, 6) is 0.551. The second kappa shape index (κ2) is 7.01. The summed E-state index contributed by atoms with van der Waals surface area (Å²) in [4.78, 5) is 31.1. The van der Waals surface area contributed by atoms with Gasteiger partial charge in [-0.15, -0.1) is 11.3 Å². The number of carboxylic acids is 1. The van der Waals surface area contributed by atoms with E-state index in [2.05, 4.69) is 9.97 Å². The van der Waals surface area contributed by atoms with E-state index in [9.17, 15) is 14.7 Å². The fourth-order valence-corrected chi connectivity index (χ4v) is 3.57. The zero-order valence-corrected chi connectivity index (χ0v) is 15.1. The largest absolute Gasteiger partial charge is 0.497 e. The zero-order chi connectivity index (χ0) is 18.8. The van der Waals surface area contributed by atoms with E-state index in [1.54, 1.807) is 39.4 Å². The Morgan fingerprint density at radius 1 is 1.19 bits per heavy atom. The Hall–Kier alpha value is -3.13. The number of hydrogen-bond donors (Lipinski definition) is 2. The van der Waals surface area contributed by atoms with Crippen LogP contribution < -0.4 is 15.0 Å². The van der Waals surface area contributed by atoms with Gasteiger partial charge in [0.05, 0.1) is 19.6 Å². The smallest absolute Gasteiger partial charge is 0.346 e. The van der Waals surface area contributed by atoms with E-state index < -0.39 is 5.97 Å². The van der Waals surface area contributed by atoms with Crippen molar-refractivity contribution in [1.29, 1.82) is 0 Å². The molecule has 0 saturated heterocycles. The molecule has 26 heavy (non-hydrogen) atoms. The minimum absolute atomic E-state index is 0.122. The zero-order valence-electron chi connectivity index (χ0n) is 14.3. The van der Waals surface area contributed by atoms with Crippen molar-refractivity contribution in [3.63, 3.8) is 0 Å². The number of rotatable bonds is 5. The lowest BCUT2D eigenvalue weighted by atomic mass is 10.2. The van der Waals surface area contributed by atoms with E-state index in [0.717, 1.165) is 16.9 Å². The number of H-pyrrole nitrogens is 1. The lowest BCUT2D eigenvalue weighted by Gasteiger charge is -2.05. The first-order valence-corrected chi connectivity index (χ1v) is 8.42. The highest BCUT2D eigenvalue weighted by Gasteiger charge is 2.18. The highest BCUT2D eigenvalue weighted by atomic mass is 32.1. The minimum atomic E-state index is -1.06. The number of thiophene rings is 1. The predicted octanol–water partition coefficient (Wildman–Crippen LogP) is 3.18. The molecular weight excluding hydrogens is 356 g/mol. The van der Waals surface area contributed by atoms with Gasteiger partial charge in [0.25, 0.3) is 5.56 Å². The van der Waals surface area contributed by atoms with Crippen molar-refractivity contribution in [2.75, 3.05) is 14.2 Å². The number of hydrogen-bond acceptors (Lipinski definition) is 6. The average Bonchev–Trinajstić information content (AvgIpc) is 2.97. The van der Waals surface area contributed by atoms with Crippen LogP contribution in [0.25, 0.3) is 22.4 Å². The second-order valence-corrected chi connectivity index (χ2v) is 6.47. The standard InChI is InChI=1S/C18H16N2O5S/c1-9-14-16(21)19-13(20-17(14)26-15(9)18(22)23)5-4-10-6-11(24-2)8-12(7-10)25-3/h4-8H,1-3H3,(H,22,23)(H,19,20,21)/b5-4+. The molecule has 0 saturated carbocycles. The quantitative estimate of drug-likeness (QED) is 0.713. The van der Waals surface area contributed by atoms with E-state index >= 15 is 0 Å². The van der Waals surface area contributed by atoms with Crippen molar-refractivity contribution in [2.24, 2.45) is 0 Å². The van der Waals surface area contributed by atoms with Gasteiger partial charge in [-0.05, 0) is 36.3 Å². The van der Waals surface area contributed by atoms with Gasteiger partial charge in [0.15, 0.2) is 0 Å². The highest BCUT2D eigenvalue weighted by molar-refractivity contribution is 7.20. The molecule has 7 nitrogen and oxygen atoms in total. The maximum Gasteiger partial charge on any atom is 0.346 e. The average molecular weight is 372 g/mol. The van der Waals surface area contributed by atoms with Crippen molar-refractivity contribution in [3.05, 3.63) is 50.4 Å². The van der Waals surface area contributed by atoms with Crippen LogP contribution in [0.15, 0.2) is 23.0 Å². The van der Waals surface area contributed by atoms with Crippen LogP contribution in [0.1, 0.15) is 26.6 Å². The Morgan fingerprint density at radius 3 is 2.42 bits per heavy atom. The van der Waals surface area contributed by atoms with Crippen LogP contribution in [0.2, 0.25) is 0 Å². The Morgan fingerprint density at radius 2 is 1.85 bits per heavy atom. The van der Waals surface area contributed by atoms with E-state index in [1.165, 1.54) is 0 Å². The van der Waals surface area contributed by atoms with Crippen molar-refractivity contribution in [3.8, 4) is 11.5 Å². The van der Waals surface area contributed by atoms with Crippen LogP contribution in [0.4, 0.5) is 0 Å². The Labute approximate surface area is 152 Å². The molecule has 134 valence electrons. The van der Waals surface area contributed by atoms with Crippen molar-refractivity contribution in [2.45, 2.75) is 6.92 Å². The summed E-state index contributed by atoms with van der Waals surface area (Å²) >= 11 is 0.990. The number of aromatic amines is 1. The van der Waals surface area contributed by atoms with Crippen LogP contribution in [0.5, 0.6) is 11.5 Å². The lowest BCUT2D eigenvalue weighted by Crippen LogP contribution is -2.09. The van der Waals surface area contributed by atoms with Gasteiger partial charge in [0, 0.05) is 6.07 Å². The highest BCUT2D eigenvalue weighted by Crippen LogP contribution is 2.27. The monoisotopic (exact) mass is 372 g/mol. The van der Waals surface area contributed by atoms with Gasteiger partial charge in [0.1, 0.15) is 27.0 Å². The fraction of sp³-hybridized carbons (Fsp3) is 0.167. The molecule has 0 radical (unpaired) electrons. The predicted molar refractivity (Wildman–Crippen MR) is 100 cm³/mol. The third-order valence-corrected chi connectivity index (χ3v) is 4.99. The fourth-order valence-electron chi connectivity index (χ4n) is 2.54. The topological polar surface area (TPSA) is 102 Å². The molecule has 3 rings (SSSR count). The molecule has 2 heterocycles. The second-order valence-electron chi connectivity index (χ2n) is 5.47. The molecule has 0 amide bonds. The van der Waals surface area contributed by atoms with Gasteiger partial charge in [-0.1, -0.05) is 6.08 Å². The summed E-state index contributed by atoms with van der Waals surface area (Å²) in [6.07, 6.45) is 3.40. The number of carboxylic acid groups (broad SMARTS) is 1. The maximum absolute atomic E-state index is 12.3. The first kappa shape index (κ1) is 17.7. The first-order chi connectivity index (χ1) is 12.4. The Balaban J connectivity index is 2.03. The molecule has 0 unspecified atom stereocenters. The molecule has 8 heteroatoms. The lowest BCUT2D eigenvalue weighted by molar-refractivity contribution is 0.0701. The molecule has 0 spiro atoms. The van der Waals surface area contributed by atoms with Gasteiger partial charge >= 0.3 is 5.97 Å². The van der Waals surface area contributed by atoms with E-state index in [1.807, 2.05) is 12.1 Å². The van der Waals surface area contributed by atoms with Crippen molar-refractivity contribution in [1.82, 2.24) is 9.97 Å². The van der Waals surface area contributed by atoms with Crippen LogP contribution in [0, 0.1) is 6.92 Å². The van der Waals surface area contributed by atoms with Gasteiger partial charge in [-0.2, -0.15) is 0 Å². The molecule has 0 atom stereocenters. The van der Waals surface area contributed by atoms with Crippen molar-refractivity contribution < 1.29 is 19.4 Å². The number of fused-ring (bicyclic) bond motifs is 1. The molecule has 0 bridgehead atoms. The maximum atomic E-state index is 12.3. The van der Waals surface area contributed by atoms with Gasteiger partial charge in [0.2, 0.25) is 0 Å². The molecule has 0 fully saturated rings. The number of methoxy groups -OCH3 is 2. The minimum Gasteiger partial charge on any atom is -0.497 e. The number of aryl methyl sites for hydroxylation is 1. The molecule has 1 aromatic carbocycles. The van der Waals surface area contributed by atoms with Crippen LogP contribution >= 0.6 is 11.3 Å². The Kier molecular flexibility index (Phi) is 4.77. The normalized spacial score (nSPS) is 11.2. The number of nitrogens with zero attached hydrogens (tertiary/aromatic N) is 1. The summed E-state index contributed by atoms with van der Waals surface area (Å²) in [6, 6.07) is 5.38. The number of aromatic carboxylic acids is 1. The molecule has 0 aliphatic rings. The summed E-state index contributed by atoms with van der Waals surface area (Å²) in [6.45, 7) is 1.61. The number of nitrogens with one attached hydrogen (secondary N) is 1. The molecule has 2 aromatic heterocycles. The van der Waals surface area contributed by atoms with Gasteiger partial charge in [-0.3, -0.25) is 4.79 Å². The number of carbonyl (C=O) groups is 1. The summed E-state index contributed by atoms with van der Waals surface area (Å²) in [7, 11) is 3.13. The summed E-state index contributed by atoms with van der Waals surface area (Å²) < 4.78 is 10.4. The first-order valence-electron chi connectivity index (χ1n) is 7.60. The number of benzene rings is 1. The van der Waals surface area contributed by atoms with E-state index in [0.29, 0.717) is 33.1 Å². The van der Waals surface area contributed by atoms with Crippen LogP contribution in [-0.2, 0) is 0 Å². The number of ether oxygens (including phenoxy) is 2. The van der Waals surface area contributed by atoms with E-state index in [-0.39, 0.29) is 10.4 Å². The van der Waals surface area contributed by atoms with Gasteiger partial charge < -0.3 is 19.6 Å². The third-order valence-electron chi connectivity index (χ3n) is 3.82. The molecule has 3 aromatic rings. The summed E-state index contributed by atoms with van der Waals surface area (Å²) in [5, 5.41) is 9.52. The molecule has 0 aliphatic carbocycles.